The molecule has 6 nitrogen and oxygen atoms in total. The van der Waals surface area contributed by atoms with Gasteiger partial charge in [-0.25, -0.2) is 9.59 Å². The molecule has 0 aliphatic carbocycles. The van der Waals surface area contributed by atoms with Gasteiger partial charge in [0.1, 0.15) is 0 Å². The van der Waals surface area contributed by atoms with Crippen molar-refractivity contribution in [3.8, 4) is 0 Å². The molecule has 0 spiro atoms. The molecule has 0 heterocycles. The molecule has 0 aliphatic rings. The van der Waals surface area contributed by atoms with Crippen LogP contribution in [0.5, 0.6) is 0 Å². The minimum Gasteiger partial charge on any atom is -0.466 e. The maximum absolute atomic E-state index is 12.2. The third-order valence-corrected chi connectivity index (χ3v) is 16.5. The highest BCUT2D eigenvalue weighted by atomic mass is 28.4. The van der Waals surface area contributed by atoms with Gasteiger partial charge in [0.25, 0.3) is 0 Å². The van der Waals surface area contributed by atoms with Gasteiger partial charge in [0.15, 0.2) is 16.6 Å². The summed E-state index contributed by atoms with van der Waals surface area (Å²) in [5, 5.41) is 0.0252. The van der Waals surface area contributed by atoms with E-state index >= 15 is 0 Å². The molecule has 2 atom stereocenters. The van der Waals surface area contributed by atoms with Gasteiger partial charge in [-0.1, -0.05) is 66.9 Å². The molecule has 0 aromatic rings. The third-order valence-electron chi connectivity index (χ3n) is 7.52. The van der Waals surface area contributed by atoms with Crippen LogP contribution in [-0.2, 0) is 27.9 Å². The Hall–Kier alpha value is -1.49. The molecule has 0 bridgehead atoms. The van der Waals surface area contributed by atoms with Gasteiger partial charge in [-0.15, -0.1) is 0 Å². The van der Waals surface area contributed by atoms with Crippen molar-refractivity contribution in [2.75, 3.05) is 14.2 Å². The van der Waals surface area contributed by atoms with Gasteiger partial charge >= 0.3 is 11.9 Å². The predicted molar refractivity (Wildman–Crippen MR) is 154 cm³/mol. The zero-order valence-electron chi connectivity index (χ0n) is 25.0. The average molecular weight is 541 g/mol. The summed E-state index contributed by atoms with van der Waals surface area (Å²) in [6.07, 6.45) is 6.09. The van der Waals surface area contributed by atoms with Crippen molar-refractivity contribution in [1.29, 1.82) is 0 Å². The smallest absolute Gasteiger partial charge is 0.335 e. The van der Waals surface area contributed by atoms with Gasteiger partial charge in [0.05, 0.1) is 37.6 Å². The highest BCUT2D eigenvalue weighted by Gasteiger charge is 2.41. The molecule has 0 aliphatic heterocycles. The second-order valence-electron chi connectivity index (χ2n) is 12.4. The van der Waals surface area contributed by atoms with Gasteiger partial charge < -0.3 is 18.3 Å². The van der Waals surface area contributed by atoms with Crippen LogP contribution in [0.1, 0.15) is 67.2 Å². The first-order valence-electron chi connectivity index (χ1n) is 12.8. The Bertz CT molecular complexity index is 734. The highest BCUT2D eigenvalue weighted by molar-refractivity contribution is 6.74. The van der Waals surface area contributed by atoms with Crippen molar-refractivity contribution in [3.05, 3.63) is 36.5 Å². The van der Waals surface area contributed by atoms with E-state index < -0.39 is 40.8 Å². The molecule has 2 unspecified atom stereocenters. The minimum absolute atomic E-state index is 0.0126. The maximum Gasteiger partial charge on any atom is 0.335 e. The number of esters is 2. The number of hydrogen-bond acceptors (Lipinski definition) is 6. The first-order chi connectivity index (χ1) is 16.2. The molecular formula is C28H52O6Si2. The Balaban J connectivity index is 5.31. The summed E-state index contributed by atoms with van der Waals surface area (Å²) >= 11 is 0. The third kappa shape index (κ3) is 10.5. The predicted octanol–water partition coefficient (Wildman–Crippen LogP) is 7.34. The average Bonchev–Trinajstić information content (AvgIpc) is 2.75. The van der Waals surface area contributed by atoms with Gasteiger partial charge in [-0.3, -0.25) is 0 Å². The lowest BCUT2D eigenvalue weighted by molar-refractivity contribution is -0.138. The van der Waals surface area contributed by atoms with Gasteiger partial charge in [0.2, 0.25) is 0 Å². The summed E-state index contributed by atoms with van der Waals surface area (Å²) in [5.41, 5.74) is 0.709. The quantitative estimate of drug-likeness (QED) is 0.0993. The van der Waals surface area contributed by atoms with Crippen molar-refractivity contribution in [1.82, 2.24) is 0 Å². The fourth-order valence-electron chi connectivity index (χ4n) is 2.93. The van der Waals surface area contributed by atoms with Gasteiger partial charge in [0, 0.05) is 0 Å². The van der Waals surface area contributed by atoms with E-state index in [1.54, 1.807) is 0 Å². The standard InChI is InChI=1S/C28H52O6Si2/c1-21(25(29)31-9)23(33-35(11,12)27(3,4)5)19-17-15-16-18-20-24(22(2)26(30)32-10)34-36(13,14)28(6,7)8/h15-16,23-24H,1-2,17-20H2,3-14H3/b16-15+. The summed E-state index contributed by atoms with van der Waals surface area (Å²) in [6, 6.07) is 0. The number of rotatable bonds is 14. The van der Waals surface area contributed by atoms with E-state index in [9.17, 15) is 9.59 Å². The second kappa shape index (κ2) is 13.9. The number of ether oxygens (including phenoxy) is 2. The normalized spacial score (nSPS) is 14.9. The topological polar surface area (TPSA) is 71.1 Å². The largest absolute Gasteiger partial charge is 0.466 e. The lowest BCUT2D eigenvalue weighted by atomic mass is 10.0. The Labute approximate surface area is 222 Å². The number of hydrogen-bond donors (Lipinski definition) is 0. The Morgan fingerprint density at radius 2 is 0.972 bits per heavy atom. The zero-order chi connectivity index (χ0) is 28.5. The van der Waals surface area contributed by atoms with E-state index in [0.717, 1.165) is 12.8 Å². The van der Waals surface area contributed by atoms with Crippen LogP contribution in [0, 0.1) is 0 Å². The molecule has 36 heavy (non-hydrogen) atoms. The van der Waals surface area contributed by atoms with E-state index in [4.69, 9.17) is 18.3 Å². The fraction of sp³-hybridized carbons (Fsp3) is 0.714. The van der Waals surface area contributed by atoms with E-state index in [-0.39, 0.29) is 10.1 Å². The second-order valence-corrected chi connectivity index (χ2v) is 21.9. The molecule has 0 aromatic carbocycles. The lowest BCUT2D eigenvalue weighted by Crippen LogP contribution is -2.45. The van der Waals surface area contributed by atoms with Gasteiger partial charge in [-0.2, -0.15) is 0 Å². The number of methoxy groups -OCH3 is 2. The van der Waals surface area contributed by atoms with Crippen LogP contribution in [0.2, 0.25) is 36.3 Å². The molecule has 0 aromatic heterocycles. The molecule has 8 heteroatoms. The number of carbonyl (C=O) groups is 2. The maximum atomic E-state index is 12.2. The van der Waals surface area contributed by atoms with Crippen LogP contribution in [0.4, 0.5) is 0 Å². The molecule has 0 rings (SSSR count). The molecule has 0 saturated heterocycles. The van der Waals surface area contributed by atoms with Crippen LogP contribution in [0.15, 0.2) is 36.5 Å². The molecular weight excluding hydrogens is 488 g/mol. The van der Waals surface area contributed by atoms with E-state index in [2.05, 4.69) is 93.0 Å². The monoisotopic (exact) mass is 540 g/mol. The van der Waals surface area contributed by atoms with Crippen LogP contribution < -0.4 is 0 Å². The van der Waals surface area contributed by atoms with Crippen LogP contribution in [0.25, 0.3) is 0 Å². The Morgan fingerprint density at radius 3 is 1.19 bits per heavy atom. The van der Waals surface area contributed by atoms with E-state index in [1.165, 1.54) is 14.2 Å². The zero-order valence-corrected chi connectivity index (χ0v) is 27.0. The molecule has 0 N–H and O–H groups in total. The van der Waals surface area contributed by atoms with Crippen molar-refractivity contribution < 1.29 is 27.9 Å². The van der Waals surface area contributed by atoms with Crippen LogP contribution in [0.3, 0.4) is 0 Å². The van der Waals surface area contributed by atoms with Crippen molar-refractivity contribution in [2.45, 2.75) is 116 Å². The minimum atomic E-state index is -2.10. The number of carbonyl (C=O) groups excluding carboxylic acids is 2. The van der Waals surface area contributed by atoms with Crippen molar-refractivity contribution in [3.63, 3.8) is 0 Å². The van der Waals surface area contributed by atoms with Crippen LogP contribution in [-0.4, -0.2) is 55.0 Å². The van der Waals surface area contributed by atoms with Crippen LogP contribution >= 0.6 is 0 Å². The first kappa shape index (κ1) is 34.5. The van der Waals surface area contributed by atoms with E-state index in [1.807, 2.05) is 0 Å². The summed E-state index contributed by atoms with van der Waals surface area (Å²) < 4.78 is 22.8. The molecule has 0 fully saturated rings. The van der Waals surface area contributed by atoms with Crippen molar-refractivity contribution in [2.24, 2.45) is 0 Å². The van der Waals surface area contributed by atoms with Crippen molar-refractivity contribution >= 4 is 28.6 Å². The molecule has 0 saturated carbocycles. The summed E-state index contributed by atoms with van der Waals surface area (Å²) in [4.78, 5) is 24.3. The first-order valence-corrected chi connectivity index (χ1v) is 18.6. The molecule has 208 valence electrons. The van der Waals surface area contributed by atoms with Gasteiger partial charge in [-0.05, 0) is 61.9 Å². The number of allylic oxidation sites excluding steroid dienone is 2. The Kier molecular flexibility index (Phi) is 13.3. The Morgan fingerprint density at radius 1 is 0.694 bits per heavy atom. The molecule has 0 amide bonds. The SMILES string of the molecule is C=C(C(=O)OC)C(CC/C=C/CCC(O[Si](C)(C)C(C)(C)C)C(=C)C(=O)OC)O[Si](C)(C)C(C)(C)C. The summed E-state index contributed by atoms with van der Waals surface area (Å²) in [5.74, 6) is -0.871. The highest BCUT2D eigenvalue weighted by Crippen LogP contribution is 2.39. The van der Waals surface area contributed by atoms with E-state index in [0.29, 0.717) is 24.0 Å². The fourth-order valence-corrected chi connectivity index (χ4v) is 5.58. The summed E-state index contributed by atoms with van der Waals surface area (Å²) in [6.45, 7) is 29.6. The lowest BCUT2D eigenvalue weighted by Gasteiger charge is -2.39. The summed E-state index contributed by atoms with van der Waals surface area (Å²) in [7, 11) is -1.48. The molecule has 0 radical (unpaired) electrons.